The summed E-state index contributed by atoms with van der Waals surface area (Å²) in [5.41, 5.74) is 0.651. The molecule has 1 rings (SSSR count). The minimum absolute atomic E-state index is 0.166. The van der Waals surface area contributed by atoms with Crippen LogP contribution in [0.3, 0.4) is 0 Å². The predicted octanol–water partition coefficient (Wildman–Crippen LogP) is 4.08. The fraction of sp³-hybridized carbons (Fsp3) is 0.647. The first-order valence-corrected chi connectivity index (χ1v) is 7.60. The summed E-state index contributed by atoms with van der Waals surface area (Å²) < 4.78 is 31.7. The molecule has 120 valence electrons. The molecule has 0 amide bonds. The largest absolute Gasteiger partial charge is 0.379 e. The summed E-state index contributed by atoms with van der Waals surface area (Å²) in [4.78, 5) is 0. The summed E-state index contributed by atoms with van der Waals surface area (Å²) in [6.45, 7) is 7.14. The van der Waals surface area contributed by atoms with E-state index >= 15 is 0 Å². The molecule has 1 aromatic rings. The molecule has 0 bridgehead atoms. The van der Waals surface area contributed by atoms with Crippen LogP contribution in [0.4, 0.5) is 8.78 Å². The molecule has 0 saturated carbocycles. The number of hydrogen-bond acceptors (Lipinski definition) is 2. The van der Waals surface area contributed by atoms with E-state index in [4.69, 9.17) is 4.74 Å². The van der Waals surface area contributed by atoms with Gasteiger partial charge in [0.25, 0.3) is 0 Å². The number of rotatable bonds is 9. The van der Waals surface area contributed by atoms with Crippen LogP contribution in [0.1, 0.15) is 45.6 Å². The minimum Gasteiger partial charge on any atom is -0.379 e. The van der Waals surface area contributed by atoms with Crippen LogP contribution >= 0.6 is 0 Å². The Kier molecular flexibility index (Phi) is 7.26. The Morgan fingerprint density at radius 2 is 1.95 bits per heavy atom. The number of nitrogens with one attached hydrogen (secondary N) is 1. The molecule has 1 aromatic carbocycles. The molecule has 0 fully saturated rings. The van der Waals surface area contributed by atoms with E-state index in [0.29, 0.717) is 6.42 Å². The van der Waals surface area contributed by atoms with Gasteiger partial charge in [-0.15, -0.1) is 0 Å². The van der Waals surface area contributed by atoms with Crippen LogP contribution in [-0.4, -0.2) is 25.3 Å². The second-order valence-corrected chi connectivity index (χ2v) is 6.11. The van der Waals surface area contributed by atoms with Crippen molar-refractivity contribution in [2.45, 2.75) is 58.1 Å². The van der Waals surface area contributed by atoms with Gasteiger partial charge in [-0.3, -0.25) is 0 Å². The van der Waals surface area contributed by atoms with Gasteiger partial charge < -0.3 is 10.1 Å². The van der Waals surface area contributed by atoms with Gasteiger partial charge in [0.15, 0.2) is 11.6 Å². The van der Waals surface area contributed by atoms with Crippen LogP contribution in [-0.2, 0) is 11.2 Å². The van der Waals surface area contributed by atoms with Crippen molar-refractivity contribution >= 4 is 0 Å². The van der Waals surface area contributed by atoms with Crippen molar-refractivity contribution < 1.29 is 13.5 Å². The van der Waals surface area contributed by atoms with Crippen molar-refractivity contribution in [1.29, 1.82) is 0 Å². The third-order valence-corrected chi connectivity index (χ3v) is 3.80. The molecule has 2 nitrogen and oxygen atoms in total. The standard InChI is InChI=1S/C17H27F2NO/c1-5-10-20-14(8-9-17(2,3)21-4)11-13-6-7-15(18)16(19)12-13/h6-7,12,14,20H,5,8-11H2,1-4H3. The highest BCUT2D eigenvalue weighted by molar-refractivity contribution is 5.18. The molecule has 1 atom stereocenters. The van der Waals surface area contributed by atoms with Crippen molar-refractivity contribution in [3.05, 3.63) is 35.4 Å². The third kappa shape index (κ3) is 6.53. The lowest BCUT2D eigenvalue weighted by molar-refractivity contribution is 0.0117. The molecule has 0 aliphatic heterocycles. The highest BCUT2D eigenvalue weighted by atomic mass is 19.2. The van der Waals surface area contributed by atoms with Crippen molar-refractivity contribution in [3.8, 4) is 0 Å². The molecule has 1 unspecified atom stereocenters. The summed E-state index contributed by atoms with van der Waals surface area (Å²) >= 11 is 0. The molecular weight excluding hydrogens is 272 g/mol. The maximum absolute atomic E-state index is 13.3. The number of halogens is 2. The van der Waals surface area contributed by atoms with Gasteiger partial charge in [-0.1, -0.05) is 13.0 Å². The Bertz CT molecular complexity index is 435. The SMILES string of the molecule is CCCNC(CCC(C)(C)OC)Cc1ccc(F)c(F)c1. The third-order valence-electron chi connectivity index (χ3n) is 3.80. The lowest BCUT2D eigenvalue weighted by atomic mass is 9.95. The molecule has 0 saturated heterocycles. The van der Waals surface area contributed by atoms with E-state index in [0.717, 1.165) is 31.4 Å². The Morgan fingerprint density at radius 3 is 2.52 bits per heavy atom. The number of ether oxygens (including phenoxy) is 1. The molecule has 21 heavy (non-hydrogen) atoms. The average Bonchev–Trinajstić information content (AvgIpc) is 2.45. The Labute approximate surface area is 126 Å². The summed E-state index contributed by atoms with van der Waals surface area (Å²) in [7, 11) is 1.71. The molecule has 0 aliphatic carbocycles. The quantitative estimate of drug-likeness (QED) is 0.742. The first-order valence-electron chi connectivity index (χ1n) is 7.60. The van der Waals surface area contributed by atoms with Crippen LogP contribution in [0.25, 0.3) is 0 Å². The van der Waals surface area contributed by atoms with Crippen LogP contribution in [0.2, 0.25) is 0 Å². The van der Waals surface area contributed by atoms with Gasteiger partial charge in [0.1, 0.15) is 0 Å². The van der Waals surface area contributed by atoms with E-state index in [1.54, 1.807) is 13.2 Å². The Balaban J connectivity index is 2.66. The van der Waals surface area contributed by atoms with Crippen molar-refractivity contribution in [2.24, 2.45) is 0 Å². The molecular formula is C17H27F2NO. The second kappa shape index (κ2) is 8.44. The first kappa shape index (κ1) is 18.1. The van der Waals surface area contributed by atoms with E-state index in [1.165, 1.54) is 12.1 Å². The fourth-order valence-electron chi connectivity index (χ4n) is 2.20. The monoisotopic (exact) mass is 299 g/mol. The Hall–Kier alpha value is -1.00. The summed E-state index contributed by atoms with van der Waals surface area (Å²) in [5, 5.41) is 3.48. The topological polar surface area (TPSA) is 21.3 Å². The van der Waals surface area contributed by atoms with Gasteiger partial charge in [-0.05, 0) is 63.8 Å². The maximum atomic E-state index is 13.3. The number of benzene rings is 1. The maximum Gasteiger partial charge on any atom is 0.159 e. The zero-order chi connectivity index (χ0) is 15.9. The lowest BCUT2D eigenvalue weighted by Crippen LogP contribution is -2.34. The van der Waals surface area contributed by atoms with E-state index < -0.39 is 11.6 Å². The minimum atomic E-state index is -0.794. The molecule has 4 heteroatoms. The Morgan fingerprint density at radius 1 is 1.24 bits per heavy atom. The first-order chi connectivity index (χ1) is 9.88. The van der Waals surface area contributed by atoms with Gasteiger partial charge in [-0.25, -0.2) is 8.78 Å². The second-order valence-electron chi connectivity index (χ2n) is 6.11. The average molecular weight is 299 g/mol. The molecule has 0 aliphatic rings. The molecule has 0 aromatic heterocycles. The molecule has 0 spiro atoms. The van der Waals surface area contributed by atoms with Gasteiger partial charge in [-0.2, -0.15) is 0 Å². The zero-order valence-electron chi connectivity index (χ0n) is 13.5. The van der Waals surface area contributed by atoms with Crippen LogP contribution < -0.4 is 5.32 Å². The van der Waals surface area contributed by atoms with Crippen LogP contribution in [0, 0.1) is 11.6 Å². The number of hydrogen-bond donors (Lipinski definition) is 1. The van der Waals surface area contributed by atoms with E-state index in [2.05, 4.69) is 26.1 Å². The molecule has 0 radical (unpaired) electrons. The van der Waals surface area contributed by atoms with Gasteiger partial charge in [0, 0.05) is 13.2 Å². The molecule has 0 heterocycles. The van der Waals surface area contributed by atoms with Crippen LogP contribution in [0.5, 0.6) is 0 Å². The summed E-state index contributed by atoms with van der Waals surface area (Å²) in [5.74, 6) is -1.57. The van der Waals surface area contributed by atoms with Crippen molar-refractivity contribution in [3.63, 3.8) is 0 Å². The van der Waals surface area contributed by atoms with E-state index in [9.17, 15) is 8.78 Å². The molecule has 1 N–H and O–H groups in total. The fourth-order valence-corrected chi connectivity index (χ4v) is 2.20. The smallest absolute Gasteiger partial charge is 0.159 e. The summed E-state index contributed by atoms with van der Waals surface area (Å²) in [6, 6.07) is 4.38. The van der Waals surface area contributed by atoms with Crippen LogP contribution in [0.15, 0.2) is 18.2 Å². The van der Waals surface area contributed by atoms with Gasteiger partial charge in [0.2, 0.25) is 0 Å². The van der Waals surface area contributed by atoms with E-state index in [1.807, 2.05) is 0 Å². The van der Waals surface area contributed by atoms with Crippen molar-refractivity contribution in [2.75, 3.05) is 13.7 Å². The number of methoxy groups -OCH3 is 1. The lowest BCUT2D eigenvalue weighted by Gasteiger charge is -2.26. The van der Waals surface area contributed by atoms with E-state index in [-0.39, 0.29) is 11.6 Å². The van der Waals surface area contributed by atoms with Gasteiger partial charge >= 0.3 is 0 Å². The predicted molar refractivity (Wildman–Crippen MR) is 82.5 cm³/mol. The highest BCUT2D eigenvalue weighted by Crippen LogP contribution is 2.19. The van der Waals surface area contributed by atoms with Crippen molar-refractivity contribution in [1.82, 2.24) is 5.32 Å². The highest BCUT2D eigenvalue weighted by Gasteiger charge is 2.19. The normalized spacial score (nSPS) is 13.4. The van der Waals surface area contributed by atoms with Gasteiger partial charge in [0.05, 0.1) is 5.60 Å². The summed E-state index contributed by atoms with van der Waals surface area (Å²) in [6.07, 6.45) is 3.58. The zero-order valence-corrected chi connectivity index (χ0v) is 13.5.